The van der Waals surface area contributed by atoms with Gasteiger partial charge in [-0.25, -0.2) is 8.42 Å². The normalized spacial score (nSPS) is 23.1. The van der Waals surface area contributed by atoms with E-state index in [1.807, 2.05) is 0 Å². The molecule has 0 saturated heterocycles. The lowest BCUT2D eigenvalue weighted by molar-refractivity contribution is 0.112. The minimum atomic E-state index is -3.18. The van der Waals surface area contributed by atoms with E-state index in [1.165, 1.54) is 0 Å². The second kappa shape index (κ2) is 2.92. The zero-order valence-electron chi connectivity index (χ0n) is 7.73. The molecule has 0 radical (unpaired) electrons. The highest BCUT2D eigenvalue weighted by Crippen LogP contribution is 2.32. The van der Waals surface area contributed by atoms with Crippen molar-refractivity contribution in [1.29, 1.82) is 0 Å². The third-order valence-electron chi connectivity index (χ3n) is 2.62. The Morgan fingerprint density at radius 2 is 2.14 bits per heavy atom. The molecule has 1 aliphatic heterocycles. The monoisotopic (exact) mass is 210 g/mol. The van der Waals surface area contributed by atoms with E-state index in [0.29, 0.717) is 28.7 Å². The molecule has 1 aromatic carbocycles. The van der Waals surface area contributed by atoms with Crippen molar-refractivity contribution in [3.05, 3.63) is 29.3 Å². The molecule has 1 atom stereocenters. The number of carbonyl (C=O) groups excluding carboxylic acids is 1. The molecule has 0 fully saturated rings. The van der Waals surface area contributed by atoms with Crippen LogP contribution in [-0.4, -0.2) is 20.0 Å². The first-order chi connectivity index (χ1) is 6.57. The van der Waals surface area contributed by atoms with Gasteiger partial charge in [-0.1, -0.05) is 12.1 Å². The van der Waals surface area contributed by atoms with E-state index in [1.54, 1.807) is 25.1 Å². The fourth-order valence-electron chi connectivity index (χ4n) is 1.79. The smallest absolute Gasteiger partial charge is 0.181 e. The van der Waals surface area contributed by atoms with E-state index in [0.717, 1.165) is 0 Å². The molecule has 2 rings (SSSR count). The first-order valence-electron chi connectivity index (χ1n) is 4.38. The summed E-state index contributed by atoms with van der Waals surface area (Å²) in [7, 11) is -3.18. The highest BCUT2D eigenvalue weighted by molar-refractivity contribution is 7.92. The number of sulfone groups is 1. The third-order valence-corrected chi connectivity index (χ3v) is 4.85. The third kappa shape index (κ3) is 1.10. The average molecular weight is 210 g/mol. The molecule has 14 heavy (non-hydrogen) atoms. The average Bonchev–Trinajstić information content (AvgIpc) is 2.39. The zero-order chi connectivity index (χ0) is 10.3. The fourth-order valence-corrected chi connectivity index (χ4v) is 3.42. The van der Waals surface area contributed by atoms with Gasteiger partial charge < -0.3 is 0 Å². The van der Waals surface area contributed by atoms with Crippen LogP contribution in [0.15, 0.2) is 23.1 Å². The summed E-state index contributed by atoms with van der Waals surface area (Å²) in [4.78, 5) is 11.0. The highest BCUT2D eigenvalue weighted by atomic mass is 32.2. The molecule has 0 amide bonds. The molecule has 4 heteroatoms. The van der Waals surface area contributed by atoms with Gasteiger partial charge >= 0.3 is 0 Å². The number of benzene rings is 1. The van der Waals surface area contributed by atoms with Gasteiger partial charge in [0.1, 0.15) is 6.29 Å². The molecule has 0 saturated carbocycles. The molecule has 1 aliphatic rings. The Balaban J connectivity index is 2.76. The number of hydrogen-bond donors (Lipinski definition) is 0. The minimum absolute atomic E-state index is 0.328. The minimum Gasteiger partial charge on any atom is -0.298 e. The van der Waals surface area contributed by atoms with Crippen molar-refractivity contribution in [2.45, 2.75) is 23.5 Å². The standard InChI is InChI=1S/C10H10O3S/c1-7-5-9-8(6-11)3-2-4-10(9)14(7,12)13/h2-4,6-7H,5H2,1H3. The van der Waals surface area contributed by atoms with Gasteiger partial charge in [0.25, 0.3) is 0 Å². The van der Waals surface area contributed by atoms with Crippen molar-refractivity contribution < 1.29 is 13.2 Å². The Bertz CT molecular complexity index is 488. The number of rotatable bonds is 1. The van der Waals surface area contributed by atoms with Crippen LogP contribution in [0.25, 0.3) is 0 Å². The second-order valence-electron chi connectivity index (χ2n) is 3.50. The SMILES string of the molecule is CC1Cc2c(C=O)cccc2S1(=O)=O. The lowest BCUT2D eigenvalue weighted by Crippen LogP contribution is -2.11. The molecule has 74 valence electrons. The molecule has 3 nitrogen and oxygen atoms in total. The van der Waals surface area contributed by atoms with Crippen LogP contribution in [0.4, 0.5) is 0 Å². The summed E-state index contributed by atoms with van der Waals surface area (Å²) in [5.74, 6) is 0. The largest absolute Gasteiger partial charge is 0.298 e. The van der Waals surface area contributed by atoms with Gasteiger partial charge in [0.2, 0.25) is 0 Å². The topological polar surface area (TPSA) is 51.2 Å². The van der Waals surface area contributed by atoms with E-state index in [2.05, 4.69) is 0 Å². The Labute approximate surface area is 82.7 Å². The molecule has 0 aliphatic carbocycles. The summed E-state index contributed by atoms with van der Waals surface area (Å²) in [6.45, 7) is 1.67. The van der Waals surface area contributed by atoms with Crippen molar-refractivity contribution in [3.8, 4) is 0 Å². The summed E-state index contributed by atoms with van der Waals surface area (Å²) in [5, 5.41) is -0.404. The van der Waals surface area contributed by atoms with E-state index in [9.17, 15) is 13.2 Å². The van der Waals surface area contributed by atoms with Crippen molar-refractivity contribution in [2.75, 3.05) is 0 Å². The maximum absolute atomic E-state index is 11.7. The van der Waals surface area contributed by atoms with Crippen LogP contribution >= 0.6 is 0 Å². The Morgan fingerprint density at radius 1 is 1.43 bits per heavy atom. The van der Waals surface area contributed by atoms with Crippen molar-refractivity contribution in [2.24, 2.45) is 0 Å². The lowest BCUT2D eigenvalue weighted by Gasteiger charge is -2.00. The molecule has 0 aromatic heterocycles. The van der Waals surface area contributed by atoms with Gasteiger partial charge in [0.05, 0.1) is 10.1 Å². The zero-order valence-corrected chi connectivity index (χ0v) is 8.54. The van der Waals surface area contributed by atoms with Gasteiger partial charge in [-0.3, -0.25) is 4.79 Å². The van der Waals surface area contributed by atoms with Gasteiger partial charge in [-0.2, -0.15) is 0 Å². The van der Waals surface area contributed by atoms with Gasteiger partial charge in [0.15, 0.2) is 9.84 Å². The van der Waals surface area contributed by atoms with E-state index < -0.39 is 15.1 Å². The highest BCUT2D eigenvalue weighted by Gasteiger charge is 2.34. The van der Waals surface area contributed by atoms with Crippen molar-refractivity contribution in [3.63, 3.8) is 0 Å². The summed E-state index contributed by atoms with van der Waals surface area (Å²) in [6, 6.07) is 4.83. The van der Waals surface area contributed by atoms with Crippen LogP contribution in [0.5, 0.6) is 0 Å². The van der Waals surface area contributed by atoms with Crippen LogP contribution in [0.2, 0.25) is 0 Å². The quantitative estimate of drug-likeness (QED) is 0.655. The molecule has 1 unspecified atom stereocenters. The van der Waals surface area contributed by atoms with Gasteiger partial charge in [-0.15, -0.1) is 0 Å². The van der Waals surface area contributed by atoms with Gasteiger partial charge in [0, 0.05) is 5.56 Å². The number of fused-ring (bicyclic) bond motifs is 1. The van der Waals surface area contributed by atoms with Gasteiger partial charge in [-0.05, 0) is 25.0 Å². The summed E-state index contributed by atoms with van der Waals surface area (Å²) >= 11 is 0. The van der Waals surface area contributed by atoms with E-state index in [-0.39, 0.29) is 0 Å². The summed E-state index contributed by atoms with van der Waals surface area (Å²) in [5.41, 5.74) is 1.17. The number of carbonyl (C=O) groups is 1. The lowest BCUT2D eigenvalue weighted by atomic mass is 10.0. The van der Waals surface area contributed by atoms with Crippen LogP contribution in [0.1, 0.15) is 22.8 Å². The van der Waals surface area contributed by atoms with Crippen LogP contribution in [-0.2, 0) is 16.3 Å². The fraction of sp³-hybridized carbons (Fsp3) is 0.300. The Kier molecular flexibility index (Phi) is 1.96. The van der Waals surface area contributed by atoms with E-state index >= 15 is 0 Å². The summed E-state index contributed by atoms with van der Waals surface area (Å²) < 4.78 is 23.5. The molecule has 1 heterocycles. The van der Waals surface area contributed by atoms with Crippen LogP contribution < -0.4 is 0 Å². The molecule has 0 N–H and O–H groups in total. The number of hydrogen-bond acceptors (Lipinski definition) is 3. The second-order valence-corrected chi connectivity index (χ2v) is 5.84. The first-order valence-corrected chi connectivity index (χ1v) is 5.93. The maximum Gasteiger partial charge on any atom is 0.181 e. The van der Waals surface area contributed by atoms with E-state index in [4.69, 9.17) is 0 Å². The molecule has 0 bridgehead atoms. The van der Waals surface area contributed by atoms with Crippen molar-refractivity contribution in [1.82, 2.24) is 0 Å². The maximum atomic E-state index is 11.7. The Hall–Kier alpha value is -1.16. The number of aldehydes is 1. The Morgan fingerprint density at radius 3 is 2.79 bits per heavy atom. The molecular formula is C10H10O3S. The molecule has 1 aromatic rings. The van der Waals surface area contributed by atoms with Crippen LogP contribution in [0, 0.1) is 0 Å². The van der Waals surface area contributed by atoms with Crippen molar-refractivity contribution >= 4 is 16.1 Å². The van der Waals surface area contributed by atoms with Crippen LogP contribution in [0.3, 0.4) is 0 Å². The molecular weight excluding hydrogens is 200 g/mol. The predicted molar refractivity (Wildman–Crippen MR) is 52.2 cm³/mol. The predicted octanol–water partition coefficient (Wildman–Crippen LogP) is 1.22. The first kappa shape index (κ1) is 9.40. The summed E-state index contributed by atoms with van der Waals surface area (Å²) in [6.07, 6.45) is 1.17. The molecule has 0 spiro atoms.